The standard InChI is InChI=1S/C31H31ClN6O5/c1-6-18-14-34-15-19(35-18)17-42-24-16-33-12-10-20(24)26-27(37-23-9-7-8-21(32)28(23)41-5)25-22(36-26)11-13-38(29(25)39)30(40)43-31(2,3)4/h6-10,12,14-16,36-37H,1,11,13,17H2,2-5H3. The molecule has 0 radical (unpaired) electrons. The van der Waals surface area contributed by atoms with Gasteiger partial charge in [-0.1, -0.05) is 24.2 Å². The predicted octanol–water partition coefficient (Wildman–Crippen LogP) is 6.43. The topological polar surface area (TPSA) is 132 Å². The van der Waals surface area contributed by atoms with Crippen LogP contribution in [0.25, 0.3) is 17.3 Å². The van der Waals surface area contributed by atoms with Crippen molar-refractivity contribution in [2.45, 2.75) is 39.4 Å². The average Bonchev–Trinajstić information content (AvgIpc) is 3.34. The Hall–Kier alpha value is -4.90. The maximum absolute atomic E-state index is 13.9. The van der Waals surface area contributed by atoms with Crippen LogP contribution in [0.2, 0.25) is 5.02 Å². The van der Waals surface area contributed by atoms with Gasteiger partial charge in [0.15, 0.2) is 5.75 Å². The fourth-order valence-electron chi connectivity index (χ4n) is 4.65. The number of methoxy groups -OCH3 is 1. The van der Waals surface area contributed by atoms with Crippen molar-refractivity contribution in [2.24, 2.45) is 0 Å². The SMILES string of the molecule is C=Cc1cncc(COc2cnccc2-c2[nH]c3c(c2Nc2cccc(Cl)c2OC)C(=O)N(C(=O)OC(C)(C)C)CC3)n1. The summed E-state index contributed by atoms with van der Waals surface area (Å²) in [7, 11) is 1.51. The Kier molecular flexibility index (Phi) is 8.36. The van der Waals surface area contributed by atoms with E-state index in [1.54, 1.807) is 75.9 Å². The predicted molar refractivity (Wildman–Crippen MR) is 163 cm³/mol. The highest BCUT2D eigenvalue weighted by molar-refractivity contribution is 6.32. The number of hydrogen-bond donors (Lipinski definition) is 2. The van der Waals surface area contributed by atoms with Gasteiger partial charge in [0.05, 0.1) is 64.7 Å². The molecule has 1 aliphatic rings. The van der Waals surface area contributed by atoms with E-state index < -0.39 is 17.6 Å². The van der Waals surface area contributed by atoms with Crippen molar-refractivity contribution in [1.82, 2.24) is 24.8 Å². The number of benzene rings is 1. The quantitative estimate of drug-likeness (QED) is 0.234. The summed E-state index contributed by atoms with van der Waals surface area (Å²) in [5.41, 5.74) is 3.51. The Morgan fingerprint density at radius 1 is 1.21 bits per heavy atom. The van der Waals surface area contributed by atoms with Crippen molar-refractivity contribution >= 4 is 41.1 Å². The lowest BCUT2D eigenvalue weighted by Gasteiger charge is -2.29. The molecule has 4 heterocycles. The van der Waals surface area contributed by atoms with E-state index in [1.807, 2.05) is 0 Å². The number of H-pyrrole nitrogens is 1. The molecule has 1 aliphatic heterocycles. The molecule has 222 valence electrons. The number of fused-ring (bicyclic) bond motifs is 1. The van der Waals surface area contributed by atoms with Gasteiger partial charge >= 0.3 is 6.09 Å². The molecule has 0 fully saturated rings. The first kappa shape index (κ1) is 29.6. The number of imide groups is 1. The third-order valence-electron chi connectivity index (χ3n) is 6.51. The zero-order chi connectivity index (χ0) is 30.7. The molecule has 5 rings (SSSR count). The van der Waals surface area contributed by atoms with Crippen LogP contribution in [0, 0.1) is 0 Å². The van der Waals surface area contributed by atoms with Gasteiger partial charge in [-0.2, -0.15) is 0 Å². The molecule has 43 heavy (non-hydrogen) atoms. The molecular formula is C31H31ClN6O5. The normalized spacial score (nSPS) is 12.9. The summed E-state index contributed by atoms with van der Waals surface area (Å²) in [4.78, 5) is 44.3. The van der Waals surface area contributed by atoms with E-state index in [0.29, 0.717) is 68.2 Å². The fourth-order valence-corrected chi connectivity index (χ4v) is 4.90. The number of nitrogens with zero attached hydrogens (tertiary/aromatic N) is 4. The summed E-state index contributed by atoms with van der Waals surface area (Å²) < 4.78 is 17.2. The van der Waals surface area contributed by atoms with Gasteiger partial charge < -0.3 is 24.5 Å². The highest BCUT2D eigenvalue weighted by Crippen LogP contribution is 2.43. The van der Waals surface area contributed by atoms with Gasteiger partial charge in [0.1, 0.15) is 18.0 Å². The number of aromatic nitrogens is 4. The monoisotopic (exact) mass is 602 g/mol. The van der Waals surface area contributed by atoms with Crippen molar-refractivity contribution in [3.8, 4) is 22.8 Å². The molecule has 1 aromatic carbocycles. The third-order valence-corrected chi connectivity index (χ3v) is 6.81. The summed E-state index contributed by atoms with van der Waals surface area (Å²) in [6.07, 6.45) is 7.69. The van der Waals surface area contributed by atoms with E-state index in [4.69, 9.17) is 25.8 Å². The number of anilines is 2. The van der Waals surface area contributed by atoms with Crippen LogP contribution in [-0.2, 0) is 17.8 Å². The first-order chi connectivity index (χ1) is 20.6. The van der Waals surface area contributed by atoms with Gasteiger partial charge in [-0.3, -0.25) is 14.8 Å². The molecule has 2 amide bonds. The van der Waals surface area contributed by atoms with Crippen molar-refractivity contribution in [1.29, 1.82) is 0 Å². The number of pyridine rings is 1. The molecule has 0 aliphatic carbocycles. The molecule has 12 heteroatoms. The number of halogens is 1. The lowest BCUT2D eigenvalue weighted by Crippen LogP contribution is -2.44. The number of aromatic amines is 1. The van der Waals surface area contributed by atoms with Crippen molar-refractivity contribution in [3.63, 3.8) is 0 Å². The molecule has 0 atom stereocenters. The van der Waals surface area contributed by atoms with E-state index in [1.165, 1.54) is 7.11 Å². The zero-order valence-electron chi connectivity index (χ0n) is 24.2. The van der Waals surface area contributed by atoms with Crippen LogP contribution in [0.5, 0.6) is 11.5 Å². The second-order valence-corrected chi connectivity index (χ2v) is 11.1. The van der Waals surface area contributed by atoms with Gasteiger partial charge in [0.25, 0.3) is 5.91 Å². The molecule has 11 nitrogen and oxygen atoms in total. The van der Waals surface area contributed by atoms with Gasteiger partial charge in [-0.05, 0) is 45.0 Å². The van der Waals surface area contributed by atoms with E-state index in [-0.39, 0.29) is 13.2 Å². The minimum atomic E-state index is -0.769. The number of hydrogen-bond acceptors (Lipinski definition) is 9. The largest absolute Gasteiger partial charge is 0.493 e. The second-order valence-electron chi connectivity index (χ2n) is 10.7. The Morgan fingerprint density at radius 2 is 2.02 bits per heavy atom. The first-order valence-electron chi connectivity index (χ1n) is 13.5. The fraction of sp³-hybridized carbons (Fsp3) is 0.258. The smallest absolute Gasteiger partial charge is 0.417 e. The maximum atomic E-state index is 13.9. The summed E-state index contributed by atoms with van der Waals surface area (Å²) in [5, 5.41) is 3.73. The van der Waals surface area contributed by atoms with Crippen LogP contribution < -0.4 is 14.8 Å². The Labute approximate surface area is 253 Å². The van der Waals surface area contributed by atoms with Crippen molar-refractivity contribution in [3.05, 3.63) is 83.3 Å². The number of carbonyl (C=O) groups is 2. The average molecular weight is 603 g/mol. The lowest BCUT2D eigenvalue weighted by molar-refractivity contribution is 0.0233. The Morgan fingerprint density at radius 3 is 2.77 bits per heavy atom. The molecule has 0 unspecified atom stereocenters. The van der Waals surface area contributed by atoms with Gasteiger partial charge in [-0.25, -0.2) is 14.7 Å². The van der Waals surface area contributed by atoms with Crippen LogP contribution in [0.1, 0.15) is 48.2 Å². The van der Waals surface area contributed by atoms with Crippen LogP contribution in [-0.4, -0.2) is 56.1 Å². The minimum Gasteiger partial charge on any atom is -0.493 e. The number of para-hydroxylation sites is 1. The van der Waals surface area contributed by atoms with Crippen LogP contribution >= 0.6 is 11.6 Å². The molecule has 0 bridgehead atoms. The maximum Gasteiger partial charge on any atom is 0.417 e. The van der Waals surface area contributed by atoms with Crippen LogP contribution in [0.3, 0.4) is 0 Å². The molecule has 2 N–H and O–H groups in total. The summed E-state index contributed by atoms with van der Waals surface area (Å²) in [5.74, 6) is 0.322. The number of rotatable bonds is 8. The van der Waals surface area contributed by atoms with E-state index in [9.17, 15) is 9.59 Å². The van der Waals surface area contributed by atoms with Crippen molar-refractivity contribution in [2.75, 3.05) is 19.0 Å². The molecular weight excluding hydrogens is 572 g/mol. The number of carbonyl (C=O) groups excluding carboxylic acids is 2. The number of amides is 2. The third kappa shape index (κ3) is 6.31. The molecule has 0 spiro atoms. The van der Waals surface area contributed by atoms with Gasteiger partial charge in [-0.15, -0.1) is 0 Å². The molecule has 0 saturated carbocycles. The second kappa shape index (κ2) is 12.1. The molecule has 0 saturated heterocycles. The summed E-state index contributed by atoms with van der Waals surface area (Å²) >= 11 is 6.42. The minimum absolute atomic E-state index is 0.115. The van der Waals surface area contributed by atoms with Crippen molar-refractivity contribution < 1.29 is 23.8 Å². The summed E-state index contributed by atoms with van der Waals surface area (Å²) in [6.45, 7) is 9.26. The van der Waals surface area contributed by atoms with E-state index in [0.717, 1.165) is 4.90 Å². The first-order valence-corrected chi connectivity index (χ1v) is 13.9. The summed E-state index contributed by atoms with van der Waals surface area (Å²) in [6, 6.07) is 7.02. The van der Waals surface area contributed by atoms with Gasteiger partial charge in [0.2, 0.25) is 0 Å². The zero-order valence-corrected chi connectivity index (χ0v) is 25.0. The highest BCUT2D eigenvalue weighted by atomic mass is 35.5. The lowest BCUT2D eigenvalue weighted by atomic mass is 10.0. The van der Waals surface area contributed by atoms with Gasteiger partial charge in [0, 0.05) is 30.4 Å². The number of ether oxygens (including phenoxy) is 3. The highest BCUT2D eigenvalue weighted by Gasteiger charge is 2.37. The van der Waals surface area contributed by atoms with E-state index in [2.05, 4.69) is 31.8 Å². The number of nitrogens with one attached hydrogen (secondary N) is 2. The Bertz CT molecular complexity index is 1700. The van der Waals surface area contributed by atoms with E-state index >= 15 is 0 Å². The van der Waals surface area contributed by atoms with Crippen LogP contribution in [0.15, 0.2) is 55.6 Å². The Balaban J connectivity index is 1.59. The van der Waals surface area contributed by atoms with Crippen LogP contribution in [0.4, 0.5) is 16.2 Å². The molecule has 4 aromatic rings. The molecule has 3 aromatic heterocycles.